The third-order valence-electron chi connectivity index (χ3n) is 4.56. The molecule has 1 aromatic carbocycles. The lowest BCUT2D eigenvalue weighted by atomic mass is 9.86. The Hall–Kier alpha value is -0.820. The summed E-state index contributed by atoms with van der Waals surface area (Å²) in [5, 5.41) is 0. The molecule has 1 heteroatoms. The smallest absolute Gasteiger partial charge is 0.00457 e. The summed E-state index contributed by atoms with van der Waals surface area (Å²) in [4.78, 5) is 0. The molecule has 1 atom stereocenters. The molecule has 0 aliphatic heterocycles. The van der Waals surface area contributed by atoms with Crippen molar-refractivity contribution in [2.24, 2.45) is 11.7 Å². The highest BCUT2D eigenvalue weighted by atomic mass is 14.5. The van der Waals surface area contributed by atoms with Gasteiger partial charge in [0.25, 0.3) is 0 Å². The van der Waals surface area contributed by atoms with Gasteiger partial charge in [0.1, 0.15) is 0 Å². The lowest BCUT2D eigenvalue weighted by Gasteiger charge is -2.20. The van der Waals surface area contributed by atoms with E-state index in [-0.39, 0.29) is 0 Å². The zero-order valence-corrected chi connectivity index (χ0v) is 13.5. The summed E-state index contributed by atoms with van der Waals surface area (Å²) in [5.74, 6) is 0.644. The Morgan fingerprint density at radius 3 is 2.05 bits per heavy atom. The van der Waals surface area contributed by atoms with Crippen molar-refractivity contribution in [3.05, 3.63) is 33.9 Å². The van der Waals surface area contributed by atoms with Crippen molar-refractivity contribution < 1.29 is 0 Å². The van der Waals surface area contributed by atoms with E-state index in [1.807, 2.05) is 0 Å². The molecule has 1 nitrogen and oxygen atoms in total. The molecule has 2 N–H and O–H groups in total. The van der Waals surface area contributed by atoms with E-state index in [0.29, 0.717) is 5.92 Å². The van der Waals surface area contributed by atoms with Gasteiger partial charge in [-0.25, -0.2) is 0 Å². The Morgan fingerprint density at radius 1 is 1.00 bits per heavy atom. The van der Waals surface area contributed by atoms with Crippen LogP contribution in [0.15, 0.2) is 6.07 Å². The molecule has 0 heterocycles. The summed E-state index contributed by atoms with van der Waals surface area (Å²) >= 11 is 0. The fourth-order valence-electron chi connectivity index (χ4n) is 2.88. The van der Waals surface area contributed by atoms with Crippen LogP contribution in [0.1, 0.15) is 60.4 Å². The third-order valence-corrected chi connectivity index (χ3v) is 4.56. The van der Waals surface area contributed by atoms with Gasteiger partial charge in [-0.05, 0) is 80.8 Å². The zero-order chi connectivity index (χ0) is 14.4. The molecule has 0 aliphatic carbocycles. The second-order valence-corrected chi connectivity index (χ2v) is 6.04. The highest BCUT2D eigenvalue weighted by Crippen LogP contribution is 2.25. The standard InChI is InChI=1S/C18H31N/c1-6-7-8-9-17(12-19)11-18-15(4)13(2)10-14(3)16(18)5/h10,17H,6-9,11-12,19H2,1-5H3. The van der Waals surface area contributed by atoms with Gasteiger partial charge in [0.05, 0.1) is 0 Å². The molecule has 0 aromatic heterocycles. The largest absolute Gasteiger partial charge is 0.330 e. The molecule has 0 spiro atoms. The monoisotopic (exact) mass is 261 g/mol. The highest BCUT2D eigenvalue weighted by molar-refractivity contribution is 5.44. The molecule has 0 amide bonds. The number of aryl methyl sites for hydroxylation is 2. The van der Waals surface area contributed by atoms with Crippen LogP contribution in [0.2, 0.25) is 0 Å². The minimum atomic E-state index is 0.644. The van der Waals surface area contributed by atoms with Crippen LogP contribution in [0, 0.1) is 33.6 Å². The summed E-state index contributed by atoms with van der Waals surface area (Å²) < 4.78 is 0. The zero-order valence-electron chi connectivity index (χ0n) is 13.5. The second kappa shape index (κ2) is 7.69. The molecule has 0 fully saturated rings. The fraction of sp³-hybridized carbons (Fsp3) is 0.667. The van der Waals surface area contributed by atoms with Crippen LogP contribution in [0.5, 0.6) is 0 Å². The molecule has 0 saturated heterocycles. The van der Waals surface area contributed by atoms with Crippen LogP contribution in [-0.4, -0.2) is 6.54 Å². The summed E-state index contributed by atoms with van der Waals surface area (Å²) in [6.07, 6.45) is 6.37. The van der Waals surface area contributed by atoms with Crippen molar-refractivity contribution >= 4 is 0 Å². The van der Waals surface area contributed by atoms with Crippen molar-refractivity contribution in [2.75, 3.05) is 6.54 Å². The average molecular weight is 261 g/mol. The highest BCUT2D eigenvalue weighted by Gasteiger charge is 2.13. The SMILES string of the molecule is CCCCCC(CN)Cc1c(C)c(C)cc(C)c1C. The molecule has 19 heavy (non-hydrogen) atoms. The number of hydrogen-bond acceptors (Lipinski definition) is 1. The molecular formula is C18H31N. The second-order valence-electron chi connectivity index (χ2n) is 6.04. The average Bonchev–Trinajstić information content (AvgIpc) is 2.39. The van der Waals surface area contributed by atoms with Crippen LogP contribution in [0.25, 0.3) is 0 Å². The van der Waals surface area contributed by atoms with Gasteiger partial charge in [-0.1, -0.05) is 32.3 Å². The van der Waals surface area contributed by atoms with Crippen LogP contribution in [-0.2, 0) is 6.42 Å². The predicted octanol–water partition coefficient (Wildman–Crippen LogP) is 4.62. The van der Waals surface area contributed by atoms with Gasteiger partial charge in [0, 0.05) is 0 Å². The van der Waals surface area contributed by atoms with Crippen LogP contribution in [0.4, 0.5) is 0 Å². The first kappa shape index (κ1) is 16.2. The van der Waals surface area contributed by atoms with Crippen molar-refractivity contribution in [1.82, 2.24) is 0 Å². The molecule has 0 bridgehead atoms. The van der Waals surface area contributed by atoms with Crippen molar-refractivity contribution in [3.8, 4) is 0 Å². The lowest BCUT2D eigenvalue weighted by Crippen LogP contribution is -2.18. The van der Waals surface area contributed by atoms with Crippen molar-refractivity contribution in [2.45, 2.75) is 66.7 Å². The van der Waals surface area contributed by atoms with Gasteiger partial charge in [0.2, 0.25) is 0 Å². The van der Waals surface area contributed by atoms with E-state index in [0.717, 1.165) is 13.0 Å². The van der Waals surface area contributed by atoms with Gasteiger partial charge in [-0.2, -0.15) is 0 Å². The quantitative estimate of drug-likeness (QED) is 0.712. The number of benzene rings is 1. The van der Waals surface area contributed by atoms with Crippen LogP contribution in [0.3, 0.4) is 0 Å². The molecule has 0 saturated carbocycles. The summed E-state index contributed by atoms with van der Waals surface area (Å²) in [6.45, 7) is 12.0. The summed E-state index contributed by atoms with van der Waals surface area (Å²) in [5.41, 5.74) is 13.3. The lowest BCUT2D eigenvalue weighted by molar-refractivity contribution is 0.463. The first-order valence-corrected chi connectivity index (χ1v) is 7.77. The van der Waals surface area contributed by atoms with Gasteiger partial charge in [-0.3, -0.25) is 0 Å². The van der Waals surface area contributed by atoms with Crippen molar-refractivity contribution in [1.29, 1.82) is 0 Å². The molecule has 1 unspecified atom stereocenters. The Morgan fingerprint density at radius 2 is 1.58 bits per heavy atom. The first-order valence-electron chi connectivity index (χ1n) is 7.77. The molecule has 108 valence electrons. The molecule has 0 aliphatic rings. The first-order chi connectivity index (χ1) is 9.01. The Balaban J connectivity index is 2.84. The Labute approximate surface area is 119 Å². The minimum Gasteiger partial charge on any atom is -0.330 e. The maximum atomic E-state index is 5.98. The van der Waals surface area contributed by atoms with E-state index in [4.69, 9.17) is 5.73 Å². The van der Waals surface area contributed by atoms with Gasteiger partial charge in [-0.15, -0.1) is 0 Å². The van der Waals surface area contributed by atoms with Gasteiger partial charge in [0.15, 0.2) is 0 Å². The maximum Gasteiger partial charge on any atom is -0.00457 e. The molecule has 1 aromatic rings. The number of nitrogens with two attached hydrogens (primary N) is 1. The van der Waals surface area contributed by atoms with Gasteiger partial charge < -0.3 is 5.73 Å². The number of rotatable bonds is 7. The van der Waals surface area contributed by atoms with E-state index in [1.54, 1.807) is 5.56 Å². The number of unbranched alkanes of at least 4 members (excludes halogenated alkanes) is 2. The normalized spacial score (nSPS) is 12.7. The van der Waals surface area contributed by atoms with Crippen molar-refractivity contribution in [3.63, 3.8) is 0 Å². The predicted molar refractivity (Wildman–Crippen MR) is 85.8 cm³/mol. The van der Waals surface area contributed by atoms with Crippen LogP contribution >= 0.6 is 0 Å². The summed E-state index contributed by atoms with van der Waals surface area (Å²) in [7, 11) is 0. The van der Waals surface area contributed by atoms with E-state index in [1.165, 1.54) is 47.9 Å². The molecular weight excluding hydrogens is 230 g/mol. The Bertz CT molecular complexity index is 380. The number of hydrogen-bond donors (Lipinski definition) is 1. The van der Waals surface area contributed by atoms with Gasteiger partial charge >= 0.3 is 0 Å². The van der Waals surface area contributed by atoms with E-state index in [2.05, 4.69) is 40.7 Å². The fourth-order valence-corrected chi connectivity index (χ4v) is 2.88. The topological polar surface area (TPSA) is 26.0 Å². The third kappa shape index (κ3) is 4.35. The Kier molecular flexibility index (Phi) is 6.57. The van der Waals surface area contributed by atoms with E-state index >= 15 is 0 Å². The molecule has 1 rings (SSSR count). The van der Waals surface area contributed by atoms with Crippen LogP contribution < -0.4 is 5.73 Å². The minimum absolute atomic E-state index is 0.644. The van der Waals surface area contributed by atoms with E-state index in [9.17, 15) is 0 Å². The van der Waals surface area contributed by atoms with E-state index < -0.39 is 0 Å². The summed E-state index contributed by atoms with van der Waals surface area (Å²) in [6, 6.07) is 2.31. The molecule has 0 radical (unpaired) electrons. The maximum absolute atomic E-state index is 5.98.